The van der Waals surface area contributed by atoms with Gasteiger partial charge in [0.05, 0.1) is 11.3 Å². The van der Waals surface area contributed by atoms with Crippen molar-refractivity contribution in [3.05, 3.63) is 38.6 Å². The topological polar surface area (TPSA) is 75.3 Å². The highest BCUT2D eigenvalue weighted by atomic mass is 79.9. The number of carbonyl (C=O) groups excluding carboxylic acids is 1. The van der Waals surface area contributed by atoms with Crippen molar-refractivity contribution in [3.8, 4) is 0 Å². The molecule has 0 bridgehead atoms. The first kappa shape index (κ1) is 28.4. The number of hydrogen-bond acceptors (Lipinski definition) is 5. The zero-order chi connectivity index (χ0) is 24.5. The summed E-state index contributed by atoms with van der Waals surface area (Å²) in [7, 11) is 0. The number of aromatic amines is 1. The van der Waals surface area contributed by atoms with Crippen LogP contribution >= 0.6 is 27.7 Å². The van der Waals surface area contributed by atoms with Gasteiger partial charge in [-0.3, -0.25) is 4.79 Å². The van der Waals surface area contributed by atoms with E-state index in [1.54, 1.807) is 22.7 Å². The lowest BCUT2D eigenvalue weighted by molar-refractivity contribution is 0.0219. The van der Waals surface area contributed by atoms with Crippen LogP contribution in [0.1, 0.15) is 67.1 Å². The van der Waals surface area contributed by atoms with Gasteiger partial charge in [0.25, 0.3) is 5.56 Å². The second-order valence-corrected chi connectivity index (χ2v) is 9.98. The summed E-state index contributed by atoms with van der Waals surface area (Å²) in [4.78, 5) is 33.1. The van der Waals surface area contributed by atoms with E-state index in [1.165, 1.54) is 6.07 Å². The number of fused-ring (bicyclic) bond motifs is 1. The molecule has 0 aliphatic carbocycles. The molecule has 6 nitrogen and oxygen atoms in total. The molecule has 2 heterocycles. The Labute approximate surface area is 202 Å². The van der Waals surface area contributed by atoms with E-state index in [4.69, 9.17) is 4.74 Å². The number of likely N-dealkylation sites (tertiary alicyclic amines) is 1. The van der Waals surface area contributed by atoms with Crippen molar-refractivity contribution >= 4 is 44.7 Å². The van der Waals surface area contributed by atoms with Crippen LogP contribution in [0.25, 0.3) is 10.9 Å². The van der Waals surface area contributed by atoms with Gasteiger partial charge < -0.3 is 14.6 Å². The van der Waals surface area contributed by atoms with E-state index in [9.17, 15) is 14.0 Å². The molecule has 1 aromatic heterocycles. The molecule has 1 aliphatic heterocycles. The van der Waals surface area contributed by atoms with Gasteiger partial charge in [0, 0.05) is 22.8 Å². The Balaban J connectivity index is 0.00000121. The van der Waals surface area contributed by atoms with Crippen molar-refractivity contribution in [2.45, 2.75) is 77.9 Å². The van der Waals surface area contributed by atoms with Gasteiger partial charge in [-0.15, -0.1) is 0 Å². The summed E-state index contributed by atoms with van der Waals surface area (Å²) in [5.74, 6) is 0.456. The lowest BCUT2D eigenvalue weighted by atomic mass is 10.1. The van der Waals surface area contributed by atoms with Gasteiger partial charge in [-0.25, -0.2) is 14.2 Å². The lowest BCUT2D eigenvalue weighted by Gasteiger charge is -2.33. The number of carbonyl (C=O) groups is 1. The highest BCUT2D eigenvalue weighted by Gasteiger charge is 2.27. The van der Waals surface area contributed by atoms with Crippen LogP contribution in [0.3, 0.4) is 0 Å². The fourth-order valence-corrected chi connectivity index (χ4v) is 4.53. The number of aromatic nitrogens is 2. The van der Waals surface area contributed by atoms with Crippen molar-refractivity contribution in [1.82, 2.24) is 14.9 Å². The molecule has 0 saturated carbocycles. The highest BCUT2D eigenvalue weighted by Crippen LogP contribution is 2.27. The third-order valence-electron chi connectivity index (χ3n) is 4.32. The molecule has 0 spiro atoms. The predicted molar refractivity (Wildman–Crippen MR) is 135 cm³/mol. The maximum absolute atomic E-state index is 14.0. The van der Waals surface area contributed by atoms with Gasteiger partial charge in [-0.2, -0.15) is 11.8 Å². The van der Waals surface area contributed by atoms with Gasteiger partial charge in [0.2, 0.25) is 0 Å². The van der Waals surface area contributed by atoms with Crippen molar-refractivity contribution in [1.29, 1.82) is 0 Å². The number of halogens is 2. The number of benzene rings is 1. The lowest BCUT2D eigenvalue weighted by Crippen LogP contribution is -2.42. The van der Waals surface area contributed by atoms with Gasteiger partial charge in [0.15, 0.2) is 0 Å². The Morgan fingerprint density at radius 2 is 1.84 bits per heavy atom. The standard InChI is InChI=1S/C19H23BrFN3O3S.2C2H6/c1-19(2,3)27-18(26)24-6-4-12(5-7-24)28-10-15-22-14-9-11(20)8-13(21)16(14)17(25)23-15;2*1-2/h8-9,12H,4-7,10H2,1-3H3,(H,22,23,25);2*1-2H3. The third-order valence-corrected chi connectivity index (χ3v) is 6.16. The second-order valence-electron chi connectivity index (χ2n) is 7.77. The maximum atomic E-state index is 14.0. The SMILES string of the molecule is CC.CC.CC(C)(C)OC(=O)N1CCC(SCc2nc3cc(Br)cc(F)c3c(=O)[nH]2)CC1. The first-order valence-electron chi connectivity index (χ1n) is 11.1. The zero-order valence-corrected chi connectivity index (χ0v) is 22.5. The first-order valence-corrected chi connectivity index (χ1v) is 12.9. The summed E-state index contributed by atoms with van der Waals surface area (Å²) in [6.07, 6.45) is 1.42. The van der Waals surface area contributed by atoms with Gasteiger partial charge >= 0.3 is 6.09 Å². The predicted octanol–water partition coefficient (Wildman–Crippen LogP) is 6.51. The van der Waals surface area contributed by atoms with Crippen molar-refractivity contribution in [3.63, 3.8) is 0 Å². The number of rotatable bonds is 3. The fraction of sp³-hybridized carbons (Fsp3) is 0.609. The normalized spacial score (nSPS) is 14.2. The van der Waals surface area contributed by atoms with Gasteiger partial charge in [-0.1, -0.05) is 43.6 Å². The van der Waals surface area contributed by atoms with E-state index in [1.807, 2.05) is 48.5 Å². The molecule has 1 saturated heterocycles. The third kappa shape index (κ3) is 8.39. The molecule has 1 aromatic carbocycles. The summed E-state index contributed by atoms with van der Waals surface area (Å²) in [6.45, 7) is 14.9. The van der Waals surface area contributed by atoms with Gasteiger partial charge in [0.1, 0.15) is 22.6 Å². The van der Waals surface area contributed by atoms with E-state index >= 15 is 0 Å². The minimum absolute atomic E-state index is 0.0254. The number of H-pyrrole nitrogens is 1. The number of amides is 1. The van der Waals surface area contributed by atoms with E-state index in [2.05, 4.69) is 25.9 Å². The molecule has 180 valence electrons. The number of piperidine rings is 1. The van der Waals surface area contributed by atoms with E-state index in [0.717, 1.165) is 12.8 Å². The molecule has 9 heteroatoms. The average molecular weight is 533 g/mol. The number of nitrogens with zero attached hydrogens (tertiary/aromatic N) is 2. The van der Waals surface area contributed by atoms with Crippen LogP contribution in [-0.2, 0) is 10.5 Å². The Kier molecular flexibility index (Phi) is 11.7. The monoisotopic (exact) mass is 531 g/mol. The zero-order valence-electron chi connectivity index (χ0n) is 20.1. The van der Waals surface area contributed by atoms with Crippen molar-refractivity contribution < 1.29 is 13.9 Å². The minimum atomic E-state index is -0.591. The van der Waals surface area contributed by atoms with Crippen LogP contribution < -0.4 is 5.56 Å². The summed E-state index contributed by atoms with van der Waals surface area (Å²) < 4.78 is 19.9. The summed E-state index contributed by atoms with van der Waals surface area (Å²) in [5, 5.41) is 0.335. The van der Waals surface area contributed by atoms with Crippen LogP contribution in [0.4, 0.5) is 9.18 Å². The van der Waals surface area contributed by atoms with Crippen molar-refractivity contribution in [2.75, 3.05) is 13.1 Å². The van der Waals surface area contributed by atoms with Crippen LogP contribution in [-0.4, -0.2) is 44.9 Å². The molecule has 1 fully saturated rings. The molecule has 0 radical (unpaired) electrons. The Hall–Kier alpha value is -1.61. The van der Waals surface area contributed by atoms with E-state index in [-0.39, 0.29) is 11.5 Å². The second kappa shape index (κ2) is 13.2. The van der Waals surface area contributed by atoms with Crippen LogP contribution in [0, 0.1) is 5.82 Å². The van der Waals surface area contributed by atoms with E-state index < -0.39 is 17.0 Å². The maximum Gasteiger partial charge on any atom is 0.410 e. The minimum Gasteiger partial charge on any atom is -0.444 e. The summed E-state index contributed by atoms with van der Waals surface area (Å²) in [5.41, 5.74) is -0.624. The fourth-order valence-electron chi connectivity index (χ4n) is 3.04. The first-order chi connectivity index (χ1) is 15.1. The molecular formula is C23H35BrFN3O3S. The number of hydrogen-bond donors (Lipinski definition) is 1. The molecule has 2 aromatic rings. The molecule has 1 N–H and O–H groups in total. The molecule has 3 rings (SSSR count). The summed E-state index contributed by atoms with van der Waals surface area (Å²) >= 11 is 4.92. The molecule has 1 aliphatic rings. The smallest absolute Gasteiger partial charge is 0.410 e. The molecule has 0 unspecified atom stereocenters. The molecular weight excluding hydrogens is 497 g/mol. The molecule has 1 amide bonds. The van der Waals surface area contributed by atoms with Crippen LogP contribution in [0.2, 0.25) is 0 Å². The number of nitrogens with one attached hydrogen (secondary N) is 1. The van der Waals surface area contributed by atoms with Crippen LogP contribution in [0.5, 0.6) is 0 Å². The summed E-state index contributed by atoms with van der Waals surface area (Å²) in [6, 6.07) is 2.90. The quantitative estimate of drug-likeness (QED) is 0.488. The Morgan fingerprint density at radius 1 is 1.25 bits per heavy atom. The Bertz CT molecular complexity index is 938. The van der Waals surface area contributed by atoms with Crippen LogP contribution in [0.15, 0.2) is 21.4 Å². The average Bonchev–Trinajstić information content (AvgIpc) is 2.73. The molecule has 0 atom stereocenters. The highest BCUT2D eigenvalue weighted by molar-refractivity contribution is 9.10. The van der Waals surface area contributed by atoms with E-state index in [0.29, 0.717) is 39.9 Å². The number of ether oxygens (including phenoxy) is 1. The molecule has 32 heavy (non-hydrogen) atoms. The Morgan fingerprint density at radius 3 is 2.41 bits per heavy atom. The van der Waals surface area contributed by atoms with Crippen molar-refractivity contribution in [2.24, 2.45) is 0 Å². The van der Waals surface area contributed by atoms with Gasteiger partial charge in [-0.05, 0) is 45.7 Å². The number of thioether (sulfide) groups is 1. The largest absolute Gasteiger partial charge is 0.444 e.